The summed E-state index contributed by atoms with van der Waals surface area (Å²) in [4.78, 5) is 19.1. The molecular formula is C26H26F3NO4. The van der Waals surface area contributed by atoms with E-state index < -0.39 is 23.7 Å². The number of carboxylic acid groups (broad SMARTS) is 2. The van der Waals surface area contributed by atoms with E-state index in [4.69, 9.17) is 10.2 Å². The number of alkyl halides is 3. The number of aliphatic carboxylic acids is 2. The minimum atomic E-state index is -4.28. The van der Waals surface area contributed by atoms with Crippen molar-refractivity contribution in [2.75, 3.05) is 6.54 Å². The molecule has 1 atom stereocenters. The lowest BCUT2D eigenvalue weighted by Gasteiger charge is -2.17. The first-order chi connectivity index (χ1) is 16.1. The molecule has 8 heteroatoms. The summed E-state index contributed by atoms with van der Waals surface area (Å²) in [6.07, 6.45) is -1.75. The maximum Gasteiger partial charge on any atom is 0.416 e. The number of hydrogen-bond acceptors (Lipinski definition) is 3. The molecule has 3 aromatic rings. The van der Waals surface area contributed by atoms with Crippen molar-refractivity contribution < 1.29 is 33.0 Å². The summed E-state index contributed by atoms with van der Waals surface area (Å²) in [5.74, 6) is -2.51. The van der Waals surface area contributed by atoms with E-state index in [9.17, 15) is 22.8 Å². The average molecular weight is 473 g/mol. The van der Waals surface area contributed by atoms with Crippen LogP contribution in [0.15, 0.2) is 78.9 Å². The van der Waals surface area contributed by atoms with E-state index in [0.29, 0.717) is 18.6 Å². The van der Waals surface area contributed by atoms with Gasteiger partial charge in [0.05, 0.1) is 5.56 Å². The van der Waals surface area contributed by atoms with Gasteiger partial charge in [-0.05, 0) is 54.3 Å². The predicted molar refractivity (Wildman–Crippen MR) is 125 cm³/mol. The van der Waals surface area contributed by atoms with Crippen LogP contribution >= 0.6 is 0 Å². The summed E-state index contributed by atoms with van der Waals surface area (Å²) in [5.41, 5.74) is 1.38. The van der Waals surface area contributed by atoms with Crippen LogP contribution in [0.4, 0.5) is 13.2 Å². The number of nitrogens with one attached hydrogen (secondary N) is 1. The van der Waals surface area contributed by atoms with E-state index in [1.165, 1.54) is 28.5 Å². The molecule has 0 saturated carbocycles. The Balaban J connectivity index is 0.000000440. The molecule has 0 bridgehead atoms. The zero-order chi connectivity index (χ0) is 25.1. The van der Waals surface area contributed by atoms with Crippen molar-refractivity contribution in [3.8, 4) is 0 Å². The number of fused-ring (bicyclic) bond motifs is 1. The normalized spacial score (nSPS) is 12.2. The molecule has 0 aliphatic carbocycles. The second-order valence-corrected chi connectivity index (χ2v) is 7.56. The molecule has 3 N–H and O–H groups in total. The van der Waals surface area contributed by atoms with Crippen molar-refractivity contribution >= 4 is 22.7 Å². The van der Waals surface area contributed by atoms with Gasteiger partial charge in [-0.25, -0.2) is 9.59 Å². The van der Waals surface area contributed by atoms with Crippen molar-refractivity contribution in [2.24, 2.45) is 0 Å². The number of halogens is 3. The number of hydrogen-bond donors (Lipinski definition) is 3. The summed E-state index contributed by atoms with van der Waals surface area (Å²) in [6, 6.07) is 20.3. The van der Waals surface area contributed by atoms with Crippen molar-refractivity contribution in [1.29, 1.82) is 0 Å². The third-order valence-electron chi connectivity index (χ3n) is 5.01. The van der Waals surface area contributed by atoms with Gasteiger partial charge in [0, 0.05) is 18.2 Å². The zero-order valence-electron chi connectivity index (χ0n) is 18.5. The molecule has 0 aromatic heterocycles. The lowest BCUT2D eigenvalue weighted by Crippen LogP contribution is -2.20. The molecule has 0 spiro atoms. The van der Waals surface area contributed by atoms with E-state index in [1.54, 1.807) is 6.07 Å². The highest BCUT2D eigenvalue weighted by Crippen LogP contribution is 2.29. The summed E-state index contributed by atoms with van der Waals surface area (Å²) < 4.78 is 38.3. The van der Waals surface area contributed by atoms with Crippen LogP contribution in [-0.2, 0) is 22.2 Å². The first kappa shape index (κ1) is 26.6. The van der Waals surface area contributed by atoms with Gasteiger partial charge in [0.2, 0.25) is 0 Å². The Labute approximate surface area is 195 Å². The summed E-state index contributed by atoms with van der Waals surface area (Å²) >= 11 is 0. The Morgan fingerprint density at radius 2 is 1.56 bits per heavy atom. The highest BCUT2D eigenvalue weighted by atomic mass is 19.4. The minimum absolute atomic E-state index is 0.183. The molecule has 0 radical (unpaired) electrons. The van der Waals surface area contributed by atoms with Crippen molar-refractivity contribution in [1.82, 2.24) is 5.32 Å². The first-order valence-electron chi connectivity index (χ1n) is 10.6. The summed E-state index contributed by atoms with van der Waals surface area (Å²) in [7, 11) is 0. The Bertz CT molecular complexity index is 1120. The fraction of sp³-hybridized carbons (Fsp3) is 0.231. The fourth-order valence-corrected chi connectivity index (χ4v) is 3.39. The van der Waals surface area contributed by atoms with Crippen LogP contribution in [0.2, 0.25) is 0 Å². The Hall–Kier alpha value is -3.65. The Morgan fingerprint density at radius 3 is 2.21 bits per heavy atom. The third-order valence-corrected chi connectivity index (χ3v) is 5.01. The smallest absolute Gasteiger partial charge is 0.416 e. The SMILES string of the molecule is C[C@@H](NCCCc1cccc(C(F)(F)F)c1)c1cccc2ccccc12.O=C(O)/C=C/C(=O)O. The van der Waals surface area contributed by atoms with Gasteiger partial charge in [0.1, 0.15) is 0 Å². The lowest BCUT2D eigenvalue weighted by atomic mass is 9.99. The van der Waals surface area contributed by atoms with Gasteiger partial charge in [0.25, 0.3) is 0 Å². The number of aryl methyl sites for hydroxylation is 1. The Kier molecular flexibility index (Phi) is 9.82. The highest BCUT2D eigenvalue weighted by molar-refractivity contribution is 5.89. The monoisotopic (exact) mass is 473 g/mol. The molecule has 3 rings (SSSR count). The maximum atomic E-state index is 12.8. The molecule has 5 nitrogen and oxygen atoms in total. The van der Waals surface area contributed by atoms with Crippen LogP contribution in [0.3, 0.4) is 0 Å². The molecule has 0 fully saturated rings. The van der Waals surface area contributed by atoms with Gasteiger partial charge >= 0.3 is 18.1 Å². The molecule has 0 unspecified atom stereocenters. The minimum Gasteiger partial charge on any atom is -0.478 e. The maximum absolute atomic E-state index is 12.8. The average Bonchev–Trinajstić information content (AvgIpc) is 2.80. The van der Waals surface area contributed by atoms with Gasteiger partial charge in [-0.15, -0.1) is 0 Å². The zero-order valence-corrected chi connectivity index (χ0v) is 18.5. The van der Waals surface area contributed by atoms with Crippen LogP contribution in [0.25, 0.3) is 10.8 Å². The largest absolute Gasteiger partial charge is 0.478 e. The van der Waals surface area contributed by atoms with Gasteiger partial charge in [-0.1, -0.05) is 60.7 Å². The van der Waals surface area contributed by atoms with Crippen LogP contribution < -0.4 is 5.32 Å². The quantitative estimate of drug-likeness (QED) is 0.282. The van der Waals surface area contributed by atoms with Gasteiger partial charge in [-0.2, -0.15) is 13.2 Å². The molecule has 3 aromatic carbocycles. The van der Waals surface area contributed by atoms with Crippen LogP contribution in [0, 0.1) is 0 Å². The first-order valence-corrected chi connectivity index (χ1v) is 10.6. The van der Waals surface area contributed by atoms with Crippen molar-refractivity contribution in [3.05, 3.63) is 95.6 Å². The summed E-state index contributed by atoms with van der Waals surface area (Å²) in [6.45, 7) is 2.87. The number of carboxylic acids is 2. The van der Waals surface area contributed by atoms with Crippen LogP contribution in [-0.4, -0.2) is 28.7 Å². The summed E-state index contributed by atoms with van der Waals surface area (Å²) in [5, 5.41) is 21.5. The molecule has 34 heavy (non-hydrogen) atoms. The van der Waals surface area contributed by atoms with E-state index in [2.05, 4.69) is 42.6 Å². The van der Waals surface area contributed by atoms with Gasteiger partial charge < -0.3 is 15.5 Å². The predicted octanol–water partition coefficient (Wildman–Crippen LogP) is 5.85. The number of carbonyl (C=O) groups is 2. The topological polar surface area (TPSA) is 86.6 Å². The second kappa shape index (κ2) is 12.6. The molecule has 0 aliphatic rings. The lowest BCUT2D eigenvalue weighted by molar-refractivity contribution is -0.137. The Morgan fingerprint density at radius 1 is 0.941 bits per heavy atom. The van der Waals surface area contributed by atoms with E-state index >= 15 is 0 Å². The van der Waals surface area contributed by atoms with Gasteiger partial charge in [-0.3, -0.25) is 0 Å². The molecule has 0 heterocycles. The van der Waals surface area contributed by atoms with Crippen molar-refractivity contribution in [3.63, 3.8) is 0 Å². The number of rotatable bonds is 8. The second-order valence-electron chi connectivity index (χ2n) is 7.56. The highest BCUT2D eigenvalue weighted by Gasteiger charge is 2.30. The molecule has 180 valence electrons. The molecular weight excluding hydrogens is 447 g/mol. The number of benzene rings is 3. The molecule has 0 saturated heterocycles. The van der Waals surface area contributed by atoms with Gasteiger partial charge in [0.15, 0.2) is 0 Å². The van der Waals surface area contributed by atoms with Crippen LogP contribution in [0.5, 0.6) is 0 Å². The van der Waals surface area contributed by atoms with Crippen LogP contribution in [0.1, 0.15) is 36.1 Å². The third kappa shape index (κ3) is 8.71. The van der Waals surface area contributed by atoms with E-state index in [-0.39, 0.29) is 6.04 Å². The fourth-order valence-electron chi connectivity index (χ4n) is 3.39. The standard InChI is InChI=1S/C22H22F3N.C4H4O4/c1-16(20-13-5-10-18-9-2-3-12-21(18)20)26-14-6-8-17-7-4-11-19(15-17)22(23,24)25;5-3(6)1-2-4(7)8/h2-5,7,9-13,15-16,26H,6,8,14H2,1H3;1-2H,(H,5,6)(H,7,8)/b;2-1+/t16-;/m1./s1. The molecule has 0 aliphatic heterocycles. The van der Waals surface area contributed by atoms with E-state index in [1.807, 2.05) is 12.1 Å². The van der Waals surface area contributed by atoms with E-state index in [0.717, 1.165) is 24.6 Å². The molecule has 0 amide bonds. The van der Waals surface area contributed by atoms with Crippen molar-refractivity contribution in [2.45, 2.75) is 32.0 Å².